The largest absolute Gasteiger partial charge is 0.420 e. The Morgan fingerprint density at radius 2 is 0.977 bits per heavy atom. The highest BCUT2D eigenvalue weighted by atomic mass is 19.1. The van der Waals surface area contributed by atoms with Crippen LogP contribution in [0.5, 0.6) is 11.8 Å². The Balaban J connectivity index is 1.34. The molecule has 2 aromatic heterocycles. The van der Waals surface area contributed by atoms with Crippen LogP contribution in [0.25, 0.3) is 22.5 Å². The van der Waals surface area contributed by atoms with Gasteiger partial charge < -0.3 is 20.9 Å². The number of H-pyrrole nitrogens is 2. The fraction of sp³-hybridized carbons (Fsp3) is 0.0625. The van der Waals surface area contributed by atoms with Crippen molar-refractivity contribution >= 4 is 0 Å². The molecular weight excluding hydrogens is 566 g/mol. The highest BCUT2D eigenvalue weighted by Gasteiger charge is 2.38. The molecule has 3 aromatic carbocycles. The first kappa shape index (κ1) is 26.5. The second-order valence-electron chi connectivity index (χ2n) is 10.2. The van der Waals surface area contributed by atoms with Crippen LogP contribution in [-0.4, -0.2) is 20.4 Å². The lowest BCUT2D eigenvalue weighted by Crippen LogP contribution is -2.22. The third-order valence-electron chi connectivity index (χ3n) is 7.75. The third-order valence-corrected chi connectivity index (χ3v) is 7.75. The van der Waals surface area contributed by atoms with Crippen LogP contribution in [0.1, 0.15) is 34.1 Å². The minimum atomic E-state index is -0.665. The van der Waals surface area contributed by atoms with Crippen molar-refractivity contribution in [3.63, 3.8) is 0 Å². The molecule has 0 saturated heterocycles. The quantitative estimate of drug-likeness (QED) is 0.223. The summed E-state index contributed by atoms with van der Waals surface area (Å²) in [5, 5.41) is 34.6. The maximum absolute atomic E-state index is 13.7. The van der Waals surface area contributed by atoms with Gasteiger partial charge in [-0.2, -0.15) is 10.5 Å². The van der Waals surface area contributed by atoms with E-state index in [4.69, 9.17) is 20.9 Å². The average molecular weight is 587 g/mol. The molecule has 0 aliphatic carbocycles. The van der Waals surface area contributed by atoms with Crippen LogP contribution in [0.15, 0.2) is 95.7 Å². The second kappa shape index (κ2) is 10.2. The van der Waals surface area contributed by atoms with E-state index < -0.39 is 23.5 Å². The number of allylic oxidation sites excluding steroid dienone is 2. The van der Waals surface area contributed by atoms with Gasteiger partial charge in [-0.25, -0.2) is 8.78 Å². The number of hydrogen-bond acceptors (Lipinski definition) is 8. The number of aromatic nitrogens is 4. The number of nitrogens with one attached hydrogen (secondary N) is 2. The van der Waals surface area contributed by atoms with Gasteiger partial charge in [-0.1, -0.05) is 24.3 Å². The standard InChI is InChI=1S/C32H20F2N8O2/c33-19-9-5-17(6-10-19)27-25-23(21(13-35)29(37)43-31(25)41-39-27)15-1-2-16(4-3-15)24-22(14-36)30(38)44-32-26(24)28(40-42-32)18-7-11-20(34)12-8-18/h1-12,23-24H,37-38H2,(H,39,41)(H,40,42)/t23-,24-/m1/s1. The molecule has 6 N–H and O–H groups in total. The first-order valence-electron chi connectivity index (χ1n) is 13.3. The second-order valence-corrected chi connectivity index (χ2v) is 10.2. The van der Waals surface area contributed by atoms with Gasteiger partial charge in [0.15, 0.2) is 0 Å². The van der Waals surface area contributed by atoms with E-state index in [9.17, 15) is 19.3 Å². The van der Waals surface area contributed by atoms with E-state index in [1.165, 1.54) is 24.3 Å². The number of fused-ring (bicyclic) bond motifs is 2. The predicted octanol–water partition coefficient (Wildman–Crippen LogP) is 5.18. The molecule has 2 aliphatic heterocycles. The lowest BCUT2D eigenvalue weighted by molar-refractivity contribution is 0.378. The van der Waals surface area contributed by atoms with Crippen molar-refractivity contribution in [2.24, 2.45) is 11.5 Å². The van der Waals surface area contributed by atoms with Crippen molar-refractivity contribution in [1.82, 2.24) is 20.4 Å². The first-order valence-corrected chi connectivity index (χ1v) is 13.3. The molecule has 12 heteroatoms. The predicted molar refractivity (Wildman–Crippen MR) is 153 cm³/mol. The zero-order valence-corrected chi connectivity index (χ0v) is 22.6. The van der Waals surface area contributed by atoms with Crippen LogP contribution in [0.4, 0.5) is 8.78 Å². The minimum absolute atomic E-state index is 0.0786. The number of benzene rings is 3. The summed E-state index contributed by atoms with van der Waals surface area (Å²) in [4.78, 5) is 0. The Morgan fingerprint density at radius 3 is 1.32 bits per heavy atom. The van der Waals surface area contributed by atoms with Crippen LogP contribution < -0.4 is 20.9 Å². The van der Waals surface area contributed by atoms with Crippen molar-refractivity contribution in [2.45, 2.75) is 11.8 Å². The van der Waals surface area contributed by atoms with Gasteiger partial charge in [0.05, 0.1) is 34.4 Å². The van der Waals surface area contributed by atoms with Crippen LogP contribution >= 0.6 is 0 Å². The number of halogens is 2. The summed E-state index contributed by atoms with van der Waals surface area (Å²) in [7, 11) is 0. The summed E-state index contributed by atoms with van der Waals surface area (Å²) >= 11 is 0. The number of hydrogen-bond donors (Lipinski definition) is 4. The van der Waals surface area contributed by atoms with Crippen LogP contribution in [-0.2, 0) is 0 Å². The van der Waals surface area contributed by atoms with Crippen molar-refractivity contribution in [3.8, 4) is 46.4 Å². The molecule has 4 heterocycles. The molecule has 2 aliphatic rings. The Morgan fingerprint density at radius 1 is 0.614 bits per heavy atom. The Kier molecular flexibility index (Phi) is 6.11. The average Bonchev–Trinajstić information content (AvgIpc) is 3.65. The summed E-state index contributed by atoms with van der Waals surface area (Å²) in [5.74, 6) is -1.87. The summed E-state index contributed by atoms with van der Waals surface area (Å²) < 4.78 is 38.7. The normalized spacial score (nSPS) is 17.2. The molecule has 0 fully saturated rings. The SMILES string of the molecule is N#CC1=C(N)Oc2n[nH]c(-c3ccc(F)cc3)c2[C@@H]1c1ccc([C@@H]2C(C#N)=C(N)Oc3n[nH]c(-c4ccc(F)cc4)c32)cc1. The van der Waals surface area contributed by atoms with Gasteiger partial charge in [-0.3, -0.25) is 10.2 Å². The molecule has 7 rings (SSSR count). The first-order chi connectivity index (χ1) is 21.4. The molecule has 5 aromatic rings. The van der Waals surface area contributed by atoms with E-state index in [0.717, 1.165) is 0 Å². The molecule has 0 bridgehead atoms. The van der Waals surface area contributed by atoms with Gasteiger partial charge in [0.1, 0.15) is 34.9 Å². The Bertz CT molecular complexity index is 1930. The number of nitriles is 2. The molecule has 2 atom stereocenters. The lowest BCUT2D eigenvalue weighted by Gasteiger charge is -2.26. The van der Waals surface area contributed by atoms with Crippen molar-refractivity contribution < 1.29 is 18.3 Å². The number of nitrogens with two attached hydrogens (primary N) is 2. The van der Waals surface area contributed by atoms with Gasteiger partial charge in [0.2, 0.25) is 23.5 Å². The van der Waals surface area contributed by atoms with Crippen LogP contribution in [0.3, 0.4) is 0 Å². The summed E-state index contributed by atoms with van der Waals surface area (Å²) in [6.45, 7) is 0. The topological polar surface area (TPSA) is 175 Å². The zero-order valence-electron chi connectivity index (χ0n) is 22.6. The van der Waals surface area contributed by atoms with Crippen LogP contribution in [0, 0.1) is 34.3 Å². The monoisotopic (exact) mass is 586 g/mol. The van der Waals surface area contributed by atoms with E-state index in [-0.39, 0.29) is 34.7 Å². The number of aromatic amines is 2. The molecule has 0 spiro atoms. The van der Waals surface area contributed by atoms with Gasteiger partial charge in [0.25, 0.3) is 0 Å². The van der Waals surface area contributed by atoms with E-state index in [1.54, 1.807) is 24.3 Å². The fourth-order valence-corrected chi connectivity index (χ4v) is 5.71. The van der Waals surface area contributed by atoms with Gasteiger partial charge in [0, 0.05) is 11.1 Å². The third kappa shape index (κ3) is 4.13. The molecule has 10 nitrogen and oxygen atoms in total. The molecule has 0 saturated carbocycles. The van der Waals surface area contributed by atoms with Crippen molar-refractivity contribution in [2.75, 3.05) is 0 Å². The van der Waals surface area contributed by atoms with Gasteiger partial charge in [-0.15, -0.1) is 10.2 Å². The number of nitrogens with zero attached hydrogens (tertiary/aromatic N) is 4. The molecule has 0 amide bonds. The maximum atomic E-state index is 13.7. The van der Waals surface area contributed by atoms with Gasteiger partial charge in [-0.05, 0) is 59.7 Å². The van der Waals surface area contributed by atoms with Crippen molar-refractivity contribution in [1.29, 1.82) is 10.5 Å². The lowest BCUT2D eigenvalue weighted by atomic mass is 9.80. The van der Waals surface area contributed by atoms with E-state index >= 15 is 0 Å². The number of ether oxygens (including phenoxy) is 2. The smallest absolute Gasteiger partial charge is 0.244 e. The molecule has 0 unspecified atom stereocenters. The zero-order chi connectivity index (χ0) is 30.5. The highest BCUT2D eigenvalue weighted by molar-refractivity contribution is 5.72. The Hall–Kier alpha value is -6.40. The fourth-order valence-electron chi connectivity index (χ4n) is 5.71. The van der Waals surface area contributed by atoms with Gasteiger partial charge >= 0.3 is 0 Å². The van der Waals surface area contributed by atoms with E-state index in [1.807, 2.05) is 24.3 Å². The van der Waals surface area contributed by atoms with Crippen molar-refractivity contribution in [3.05, 3.63) is 130 Å². The van der Waals surface area contributed by atoms with Crippen LogP contribution in [0.2, 0.25) is 0 Å². The Labute approximate surface area is 248 Å². The summed E-state index contributed by atoms with van der Waals surface area (Å²) in [6.07, 6.45) is 0. The summed E-state index contributed by atoms with van der Waals surface area (Å²) in [6, 6.07) is 23.3. The molecule has 214 valence electrons. The molecular formula is C32H20F2N8O2. The molecule has 0 radical (unpaired) electrons. The highest BCUT2D eigenvalue weighted by Crippen LogP contribution is 2.48. The van der Waals surface area contributed by atoms with E-state index in [0.29, 0.717) is 44.8 Å². The maximum Gasteiger partial charge on any atom is 0.244 e. The molecule has 44 heavy (non-hydrogen) atoms. The van der Waals surface area contributed by atoms with E-state index in [2.05, 4.69) is 32.5 Å². The minimum Gasteiger partial charge on any atom is -0.420 e. The number of rotatable bonds is 4. The summed E-state index contributed by atoms with van der Waals surface area (Å²) in [5.41, 5.74) is 17.6.